The average Bonchev–Trinajstić information content (AvgIpc) is 3.05. The third-order valence-corrected chi connectivity index (χ3v) is 4.81. The van der Waals surface area contributed by atoms with Crippen molar-refractivity contribution in [1.29, 1.82) is 0 Å². The Kier molecular flexibility index (Phi) is 5.05. The van der Waals surface area contributed by atoms with Crippen molar-refractivity contribution >= 4 is 29.0 Å². The van der Waals surface area contributed by atoms with Crippen molar-refractivity contribution < 1.29 is 9.59 Å². The van der Waals surface area contributed by atoms with Gasteiger partial charge in [-0.3, -0.25) is 9.59 Å². The predicted molar refractivity (Wildman–Crippen MR) is 92.5 cm³/mol. The summed E-state index contributed by atoms with van der Waals surface area (Å²) < 4.78 is 0. The summed E-state index contributed by atoms with van der Waals surface area (Å²) in [5.74, 6) is 0.568. The lowest BCUT2D eigenvalue weighted by Gasteiger charge is -2.22. The minimum absolute atomic E-state index is 0.0906. The molecule has 126 valence electrons. The van der Waals surface area contributed by atoms with Crippen LogP contribution in [-0.4, -0.2) is 60.1 Å². The maximum atomic E-state index is 12.5. The van der Waals surface area contributed by atoms with Gasteiger partial charge in [0.2, 0.25) is 0 Å². The molecule has 8 heteroatoms. The van der Waals surface area contributed by atoms with E-state index in [1.165, 1.54) is 11.3 Å². The summed E-state index contributed by atoms with van der Waals surface area (Å²) in [5.41, 5.74) is 0.297. The third-order valence-electron chi connectivity index (χ3n) is 3.95. The van der Waals surface area contributed by atoms with Gasteiger partial charge in [0.25, 0.3) is 11.8 Å². The van der Waals surface area contributed by atoms with Crippen molar-refractivity contribution in [3.8, 4) is 0 Å². The van der Waals surface area contributed by atoms with Crippen LogP contribution >= 0.6 is 11.3 Å². The number of carbonyl (C=O) groups is 2. The Balaban J connectivity index is 1.65. The van der Waals surface area contributed by atoms with Crippen LogP contribution in [0.3, 0.4) is 0 Å². The number of aromatic nitrogens is 2. The van der Waals surface area contributed by atoms with E-state index >= 15 is 0 Å². The fourth-order valence-corrected chi connectivity index (χ4v) is 3.34. The van der Waals surface area contributed by atoms with Crippen LogP contribution in [-0.2, 0) is 0 Å². The molecule has 1 fully saturated rings. The normalized spacial score (nSPS) is 15.0. The molecule has 0 radical (unpaired) electrons. The van der Waals surface area contributed by atoms with Crippen molar-refractivity contribution in [3.05, 3.63) is 40.2 Å². The zero-order valence-electron chi connectivity index (χ0n) is 13.4. The van der Waals surface area contributed by atoms with Gasteiger partial charge in [-0.15, -0.1) is 21.5 Å². The van der Waals surface area contributed by atoms with Gasteiger partial charge in [0.1, 0.15) is 0 Å². The number of hydrogen-bond acceptors (Lipinski definition) is 6. The van der Waals surface area contributed by atoms with Crippen LogP contribution in [0.25, 0.3) is 0 Å². The van der Waals surface area contributed by atoms with Crippen LogP contribution in [0.5, 0.6) is 0 Å². The summed E-state index contributed by atoms with van der Waals surface area (Å²) in [5, 5.41) is 12.6. The molecular weight excluding hydrogens is 326 g/mol. The standard InChI is InChI=1S/C16H19N5O2S/c1-17-15(22)12-5-6-14(19-18-12)20-7-3-8-21(10-9-20)16(23)13-4-2-11-24-13/h2,4-6,11H,3,7-10H2,1H3,(H,17,22). The molecule has 0 spiro atoms. The van der Waals surface area contributed by atoms with Gasteiger partial charge in [0.15, 0.2) is 11.5 Å². The van der Waals surface area contributed by atoms with Gasteiger partial charge in [-0.25, -0.2) is 0 Å². The highest BCUT2D eigenvalue weighted by molar-refractivity contribution is 7.12. The van der Waals surface area contributed by atoms with Crippen LogP contribution in [0.4, 0.5) is 5.82 Å². The molecule has 1 aliphatic rings. The molecule has 1 saturated heterocycles. The van der Waals surface area contributed by atoms with Gasteiger partial charge in [-0.2, -0.15) is 0 Å². The van der Waals surface area contributed by atoms with Crippen LogP contribution < -0.4 is 10.2 Å². The molecule has 1 N–H and O–H groups in total. The van der Waals surface area contributed by atoms with E-state index in [2.05, 4.69) is 20.4 Å². The molecule has 24 heavy (non-hydrogen) atoms. The maximum absolute atomic E-state index is 12.5. The second kappa shape index (κ2) is 7.39. The van der Waals surface area contributed by atoms with Gasteiger partial charge in [0.05, 0.1) is 4.88 Å². The lowest BCUT2D eigenvalue weighted by Crippen LogP contribution is -2.35. The minimum atomic E-state index is -0.252. The van der Waals surface area contributed by atoms with E-state index in [4.69, 9.17) is 0 Å². The first-order chi connectivity index (χ1) is 11.7. The second-order valence-corrected chi connectivity index (χ2v) is 6.41. The Morgan fingerprint density at radius 2 is 2.00 bits per heavy atom. The summed E-state index contributed by atoms with van der Waals surface area (Å²) in [6.45, 7) is 2.89. The van der Waals surface area contributed by atoms with Crippen LogP contribution in [0, 0.1) is 0 Å². The molecule has 0 aliphatic carbocycles. The van der Waals surface area contributed by atoms with Crippen LogP contribution in [0.2, 0.25) is 0 Å². The lowest BCUT2D eigenvalue weighted by atomic mass is 10.3. The summed E-state index contributed by atoms with van der Waals surface area (Å²) in [4.78, 5) is 28.7. The smallest absolute Gasteiger partial charge is 0.271 e. The van der Waals surface area contributed by atoms with Gasteiger partial charge in [-0.1, -0.05) is 6.07 Å². The van der Waals surface area contributed by atoms with E-state index < -0.39 is 0 Å². The van der Waals surface area contributed by atoms with Gasteiger partial charge >= 0.3 is 0 Å². The van der Waals surface area contributed by atoms with Crippen molar-refractivity contribution in [3.63, 3.8) is 0 Å². The molecule has 3 heterocycles. The second-order valence-electron chi connectivity index (χ2n) is 5.47. The summed E-state index contributed by atoms with van der Waals surface area (Å²) >= 11 is 1.47. The van der Waals surface area contributed by atoms with E-state index in [1.54, 1.807) is 19.2 Å². The zero-order chi connectivity index (χ0) is 16.9. The molecule has 0 unspecified atom stereocenters. The maximum Gasteiger partial charge on any atom is 0.271 e. The summed E-state index contributed by atoms with van der Waals surface area (Å²) in [7, 11) is 1.56. The van der Waals surface area contributed by atoms with Gasteiger partial charge in [0, 0.05) is 33.2 Å². The molecule has 0 saturated carbocycles. The van der Waals surface area contributed by atoms with E-state index in [1.807, 2.05) is 22.4 Å². The summed E-state index contributed by atoms with van der Waals surface area (Å²) in [6, 6.07) is 7.22. The molecule has 7 nitrogen and oxygen atoms in total. The molecule has 2 amide bonds. The first kappa shape index (κ1) is 16.4. The van der Waals surface area contributed by atoms with E-state index in [0.29, 0.717) is 18.8 Å². The monoisotopic (exact) mass is 345 g/mol. The Morgan fingerprint density at radius 3 is 2.67 bits per heavy atom. The number of thiophene rings is 1. The quantitative estimate of drug-likeness (QED) is 0.906. The van der Waals surface area contributed by atoms with Crippen molar-refractivity contribution in [2.45, 2.75) is 6.42 Å². The minimum Gasteiger partial charge on any atom is -0.354 e. The summed E-state index contributed by atoms with van der Waals surface area (Å²) in [6.07, 6.45) is 0.871. The Morgan fingerprint density at radius 1 is 1.12 bits per heavy atom. The number of nitrogens with one attached hydrogen (secondary N) is 1. The van der Waals surface area contributed by atoms with E-state index in [-0.39, 0.29) is 11.8 Å². The number of carbonyl (C=O) groups excluding carboxylic acids is 2. The molecule has 0 atom stereocenters. The molecular formula is C16H19N5O2S. The molecule has 1 aliphatic heterocycles. The van der Waals surface area contributed by atoms with Gasteiger partial charge in [-0.05, 0) is 30.0 Å². The number of nitrogens with zero attached hydrogens (tertiary/aromatic N) is 4. The molecule has 2 aromatic heterocycles. The lowest BCUT2D eigenvalue weighted by molar-refractivity contribution is 0.0771. The molecule has 0 bridgehead atoms. The largest absolute Gasteiger partial charge is 0.354 e. The third kappa shape index (κ3) is 3.53. The molecule has 0 aromatic carbocycles. The van der Waals surface area contributed by atoms with Crippen molar-refractivity contribution in [2.75, 3.05) is 38.1 Å². The first-order valence-corrected chi connectivity index (χ1v) is 8.70. The van der Waals surface area contributed by atoms with Gasteiger partial charge < -0.3 is 15.1 Å². The Bertz CT molecular complexity index is 702. The van der Waals surface area contributed by atoms with Crippen molar-refractivity contribution in [1.82, 2.24) is 20.4 Å². The highest BCUT2D eigenvalue weighted by Gasteiger charge is 2.21. The van der Waals surface area contributed by atoms with E-state index in [0.717, 1.165) is 30.2 Å². The topological polar surface area (TPSA) is 78.4 Å². The Labute approximate surface area is 144 Å². The fraction of sp³-hybridized carbons (Fsp3) is 0.375. The number of amides is 2. The highest BCUT2D eigenvalue weighted by atomic mass is 32.1. The predicted octanol–water partition coefficient (Wildman–Crippen LogP) is 1.25. The fourth-order valence-electron chi connectivity index (χ4n) is 2.65. The number of rotatable bonds is 3. The number of hydrogen-bond donors (Lipinski definition) is 1. The van der Waals surface area contributed by atoms with Crippen molar-refractivity contribution in [2.24, 2.45) is 0 Å². The molecule has 3 rings (SSSR count). The molecule has 2 aromatic rings. The van der Waals surface area contributed by atoms with Crippen LogP contribution in [0.1, 0.15) is 26.6 Å². The number of anilines is 1. The first-order valence-electron chi connectivity index (χ1n) is 7.82. The Hall–Kier alpha value is -2.48. The highest BCUT2D eigenvalue weighted by Crippen LogP contribution is 2.16. The zero-order valence-corrected chi connectivity index (χ0v) is 14.3. The SMILES string of the molecule is CNC(=O)c1ccc(N2CCCN(C(=O)c3cccs3)CC2)nn1. The van der Waals surface area contributed by atoms with Crippen LogP contribution in [0.15, 0.2) is 29.6 Å². The van der Waals surface area contributed by atoms with E-state index in [9.17, 15) is 9.59 Å². The average molecular weight is 345 g/mol.